The topological polar surface area (TPSA) is 0 Å². The minimum Gasteiger partial charge on any atom is -0.122 e. The summed E-state index contributed by atoms with van der Waals surface area (Å²) in [4.78, 5) is 0. The first-order chi connectivity index (χ1) is 2.88. The monoisotopic (exact) mass is 102 g/mol. The Morgan fingerprint density at radius 3 is 1.50 bits per heavy atom. The van der Waals surface area contributed by atoms with Gasteiger partial charge in [-0.3, -0.25) is 0 Å². The molecule has 0 amide bonds. The van der Waals surface area contributed by atoms with Crippen molar-refractivity contribution in [3.05, 3.63) is 0 Å². The van der Waals surface area contributed by atoms with Crippen LogP contribution in [0, 0.1) is 11.8 Å². The SMILES string of the molecule is ClC1C2CC1C2. The van der Waals surface area contributed by atoms with Gasteiger partial charge in [0.15, 0.2) is 0 Å². The largest absolute Gasteiger partial charge is 0.122 e. The Morgan fingerprint density at radius 1 is 1.17 bits per heavy atom. The third-order valence-electron chi connectivity index (χ3n) is 2.11. The molecule has 0 aliphatic heterocycles. The molecule has 0 N–H and O–H groups in total. The van der Waals surface area contributed by atoms with E-state index in [4.69, 9.17) is 11.6 Å². The maximum atomic E-state index is 5.75. The van der Waals surface area contributed by atoms with Crippen molar-refractivity contribution < 1.29 is 0 Å². The van der Waals surface area contributed by atoms with E-state index in [-0.39, 0.29) is 0 Å². The summed E-state index contributed by atoms with van der Waals surface area (Å²) in [6, 6.07) is 0. The first-order valence-electron chi connectivity index (χ1n) is 2.52. The van der Waals surface area contributed by atoms with E-state index in [9.17, 15) is 0 Å². The van der Waals surface area contributed by atoms with Crippen LogP contribution in [0.15, 0.2) is 0 Å². The first kappa shape index (κ1) is 3.31. The zero-order valence-electron chi connectivity index (χ0n) is 3.52. The molecule has 0 unspecified atom stereocenters. The predicted molar refractivity (Wildman–Crippen MR) is 25.9 cm³/mol. The zero-order valence-corrected chi connectivity index (χ0v) is 4.28. The summed E-state index contributed by atoms with van der Waals surface area (Å²) < 4.78 is 0. The van der Waals surface area contributed by atoms with Gasteiger partial charge in [-0.25, -0.2) is 0 Å². The molecule has 3 saturated carbocycles. The smallest absolute Gasteiger partial charge is 0.0392 e. The highest BCUT2D eigenvalue weighted by atomic mass is 35.5. The lowest BCUT2D eigenvalue weighted by molar-refractivity contribution is 0.0289. The molecule has 0 saturated heterocycles. The Morgan fingerprint density at radius 2 is 1.50 bits per heavy atom. The van der Waals surface area contributed by atoms with Gasteiger partial charge >= 0.3 is 0 Å². The second-order valence-corrected chi connectivity index (χ2v) is 2.94. The van der Waals surface area contributed by atoms with E-state index in [0.717, 1.165) is 11.8 Å². The molecule has 3 fully saturated rings. The molecule has 3 aliphatic carbocycles. The highest BCUT2D eigenvalue weighted by Crippen LogP contribution is 2.56. The van der Waals surface area contributed by atoms with Gasteiger partial charge in [0.05, 0.1) is 0 Å². The minimum atomic E-state index is 0.602. The van der Waals surface area contributed by atoms with E-state index in [1.54, 1.807) is 0 Å². The van der Waals surface area contributed by atoms with Gasteiger partial charge in [-0.1, -0.05) is 0 Å². The maximum absolute atomic E-state index is 5.75. The number of alkyl halides is 1. The van der Waals surface area contributed by atoms with Crippen LogP contribution < -0.4 is 0 Å². The zero-order chi connectivity index (χ0) is 4.15. The molecule has 0 nitrogen and oxygen atoms in total. The lowest BCUT2D eigenvalue weighted by Gasteiger charge is -2.54. The Balaban J connectivity index is 2.11. The summed E-state index contributed by atoms with van der Waals surface area (Å²) in [5.74, 6) is 1.88. The van der Waals surface area contributed by atoms with E-state index in [2.05, 4.69) is 0 Å². The molecule has 0 spiro atoms. The molecule has 0 aromatic carbocycles. The normalized spacial score (nSPS) is 62.5. The van der Waals surface area contributed by atoms with Crippen molar-refractivity contribution in [2.75, 3.05) is 0 Å². The number of hydrogen-bond acceptors (Lipinski definition) is 0. The summed E-state index contributed by atoms with van der Waals surface area (Å²) in [5, 5.41) is 0.602. The third-order valence-corrected chi connectivity index (χ3v) is 2.82. The molecule has 2 bridgehead atoms. The summed E-state index contributed by atoms with van der Waals surface area (Å²) >= 11 is 5.75. The summed E-state index contributed by atoms with van der Waals surface area (Å²) in [7, 11) is 0. The van der Waals surface area contributed by atoms with Gasteiger partial charge in [0, 0.05) is 5.38 Å². The van der Waals surface area contributed by atoms with Gasteiger partial charge in [0.25, 0.3) is 0 Å². The fourth-order valence-corrected chi connectivity index (χ4v) is 1.63. The molecular weight excluding hydrogens is 95.5 g/mol. The number of halogens is 1. The van der Waals surface area contributed by atoms with Gasteiger partial charge in [-0.15, -0.1) is 11.6 Å². The van der Waals surface area contributed by atoms with Crippen molar-refractivity contribution in [3.63, 3.8) is 0 Å². The van der Waals surface area contributed by atoms with Crippen LogP contribution in [0.2, 0.25) is 0 Å². The Bertz CT molecular complexity index is 66.0. The highest BCUT2D eigenvalue weighted by molar-refractivity contribution is 6.22. The Kier molecular flexibility index (Phi) is 0.422. The predicted octanol–water partition coefficient (Wildman–Crippen LogP) is 1.63. The van der Waals surface area contributed by atoms with Gasteiger partial charge in [-0.2, -0.15) is 0 Å². The van der Waals surface area contributed by atoms with Crippen molar-refractivity contribution >= 4 is 11.6 Å². The molecule has 0 aromatic heterocycles. The number of hydrogen-bond donors (Lipinski definition) is 0. The number of rotatable bonds is 0. The second kappa shape index (κ2) is 0.764. The van der Waals surface area contributed by atoms with Crippen LogP contribution in [0.4, 0.5) is 0 Å². The molecule has 34 valence electrons. The maximum Gasteiger partial charge on any atom is 0.0392 e. The minimum absolute atomic E-state index is 0.602. The Hall–Kier alpha value is 0.290. The van der Waals surface area contributed by atoms with Crippen molar-refractivity contribution in [1.82, 2.24) is 0 Å². The van der Waals surface area contributed by atoms with Crippen molar-refractivity contribution in [2.24, 2.45) is 11.8 Å². The molecule has 0 aromatic rings. The Labute approximate surface area is 42.5 Å². The third kappa shape index (κ3) is 0.175. The molecule has 3 rings (SSSR count). The van der Waals surface area contributed by atoms with E-state index in [1.165, 1.54) is 12.8 Å². The lowest BCUT2D eigenvalue weighted by Crippen LogP contribution is -2.51. The molecule has 0 radical (unpaired) electrons. The molecule has 6 heavy (non-hydrogen) atoms. The molecule has 0 heterocycles. The fourth-order valence-electron chi connectivity index (χ4n) is 1.22. The van der Waals surface area contributed by atoms with Crippen molar-refractivity contribution in [2.45, 2.75) is 18.2 Å². The van der Waals surface area contributed by atoms with Crippen molar-refractivity contribution in [3.8, 4) is 0 Å². The average Bonchev–Trinajstić information content (AvgIpc) is 1.28. The summed E-state index contributed by atoms with van der Waals surface area (Å²) in [6.45, 7) is 0. The first-order valence-corrected chi connectivity index (χ1v) is 2.95. The van der Waals surface area contributed by atoms with Crippen LogP contribution in [0.3, 0.4) is 0 Å². The van der Waals surface area contributed by atoms with Crippen LogP contribution in [0.5, 0.6) is 0 Å². The van der Waals surface area contributed by atoms with E-state index in [1.807, 2.05) is 0 Å². The summed E-state index contributed by atoms with van der Waals surface area (Å²) in [5.41, 5.74) is 0. The molecule has 0 atom stereocenters. The van der Waals surface area contributed by atoms with Crippen molar-refractivity contribution in [1.29, 1.82) is 0 Å². The van der Waals surface area contributed by atoms with Crippen LogP contribution in [0.1, 0.15) is 12.8 Å². The van der Waals surface area contributed by atoms with Gasteiger partial charge in [-0.05, 0) is 24.7 Å². The van der Waals surface area contributed by atoms with Crippen LogP contribution >= 0.6 is 11.6 Å². The molecule has 1 heteroatoms. The molecular formula is C5H7Cl. The van der Waals surface area contributed by atoms with E-state index < -0.39 is 0 Å². The van der Waals surface area contributed by atoms with E-state index in [0.29, 0.717) is 5.38 Å². The van der Waals surface area contributed by atoms with E-state index >= 15 is 0 Å². The fraction of sp³-hybridized carbons (Fsp3) is 1.00. The highest BCUT2D eigenvalue weighted by Gasteiger charge is 2.51. The van der Waals surface area contributed by atoms with Gasteiger partial charge < -0.3 is 0 Å². The quantitative estimate of drug-likeness (QED) is 0.408. The van der Waals surface area contributed by atoms with Crippen LogP contribution in [-0.4, -0.2) is 5.38 Å². The molecule has 3 aliphatic rings. The average molecular weight is 103 g/mol. The lowest BCUT2D eigenvalue weighted by atomic mass is 9.56. The second-order valence-electron chi connectivity index (χ2n) is 2.44. The standard InChI is InChI=1S/C5H7Cl/c6-5-3-1-4(5)2-3/h3-5H,1-2H2. The van der Waals surface area contributed by atoms with Crippen LogP contribution in [-0.2, 0) is 0 Å². The summed E-state index contributed by atoms with van der Waals surface area (Å²) in [6.07, 6.45) is 2.88. The van der Waals surface area contributed by atoms with Gasteiger partial charge in [0.1, 0.15) is 0 Å². The van der Waals surface area contributed by atoms with Gasteiger partial charge in [0.2, 0.25) is 0 Å². The van der Waals surface area contributed by atoms with Crippen LogP contribution in [0.25, 0.3) is 0 Å².